The Morgan fingerprint density at radius 3 is 2.64 bits per heavy atom. The van der Waals surface area contributed by atoms with Crippen LogP contribution in [0.25, 0.3) is 17.0 Å². The van der Waals surface area contributed by atoms with Crippen molar-refractivity contribution in [2.45, 2.75) is 13.3 Å². The van der Waals surface area contributed by atoms with Crippen molar-refractivity contribution in [1.82, 2.24) is 9.78 Å². The van der Waals surface area contributed by atoms with Crippen LogP contribution >= 0.6 is 0 Å². The van der Waals surface area contributed by atoms with Gasteiger partial charge in [0.1, 0.15) is 12.0 Å². The molecule has 28 heavy (non-hydrogen) atoms. The van der Waals surface area contributed by atoms with Crippen LogP contribution in [0.15, 0.2) is 66.2 Å². The molecule has 0 radical (unpaired) electrons. The van der Waals surface area contributed by atoms with Crippen molar-refractivity contribution >= 4 is 17.9 Å². The number of rotatable bonds is 6. The summed E-state index contributed by atoms with van der Waals surface area (Å²) in [6.07, 6.45) is 1.27. The van der Waals surface area contributed by atoms with Crippen LogP contribution in [0.1, 0.15) is 22.4 Å². The molecular formula is C22H22N4O2. The lowest BCUT2D eigenvalue weighted by molar-refractivity contribution is -0.107. The molecule has 2 aromatic carbocycles. The molecule has 0 aliphatic rings. The summed E-state index contributed by atoms with van der Waals surface area (Å²) in [5.74, 6) is 5.64. The highest BCUT2D eigenvalue weighted by Crippen LogP contribution is 2.22. The highest BCUT2D eigenvalue weighted by atomic mass is 16.6. The predicted molar refractivity (Wildman–Crippen MR) is 110 cm³/mol. The second-order valence-electron chi connectivity index (χ2n) is 6.40. The predicted octanol–water partition coefficient (Wildman–Crippen LogP) is 3.44. The van der Waals surface area contributed by atoms with Crippen LogP contribution in [0, 0.1) is 6.92 Å². The third-order valence-corrected chi connectivity index (χ3v) is 4.50. The number of nitrogens with zero attached hydrogens (tertiary/aromatic N) is 3. The Bertz CT molecular complexity index is 1040. The van der Waals surface area contributed by atoms with Gasteiger partial charge in [-0.15, -0.1) is 0 Å². The zero-order chi connectivity index (χ0) is 20.1. The molecule has 0 spiro atoms. The summed E-state index contributed by atoms with van der Waals surface area (Å²) >= 11 is 0. The van der Waals surface area contributed by atoms with Crippen molar-refractivity contribution in [3.05, 3.63) is 83.6 Å². The molecule has 0 saturated heterocycles. The van der Waals surface area contributed by atoms with Crippen LogP contribution < -0.4 is 5.90 Å². The summed E-state index contributed by atoms with van der Waals surface area (Å²) in [5, 5.41) is 4.46. The molecule has 6 heteroatoms. The van der Waals surface area contributed by atoms with Crippen molar-refractivity contribution in [2.75, 3.05) is 0 Å². The first-order valence-electron chi connectivity index (χ1n) is 8.81. The molecular weight excluding hydrogens is 352 g/mol. The first-order chi connectivity index (χ1) is 13.5. The molecule has 0 aliphatic carbocycles. The average Bonchev–Trinajstić information content (AvgIpc) is 3.09. The minimum atomic E-state index is 0.178. The molecule has 0 aliphatic heterocycles. The molecule has 142 valence electrons. The Balaban J connectivity index is 1.91. The Hall–Kier alpha value is -3.51. The van der Waals surface area contributed by atoms with E-state index < -0.39 is 0 Å². The van der Waals surface area contributed by atoms with Crippen LogP contribution in [0.5, 0.6) is 0 Å². The fraction of sp³-hybridized carbons (Fsp3) is 0.136. The molecule has 2 N–H and O–H groups in total. The van der Waals surface area contributed by atoms with E-state index in [0.29, 0.717) is 17.8 Å². The molecule has 3 aromatic rings. The summed E-state index contributed by atoms with van der Waals surface area (Å²) in [6, 6.07) is 17.5. The Labute approximate surface area is 163 Å². The second-order valence-corrected chi connectivity index (χ2v) is 6.40. The number of nitrogens with two attached hydrogens (primary N) is 1. The number of carbonyl (C=O) groups excluding carboxylic acids is 1. The number of aldehydes is 1. The van der Waals surface area contributed by atoms with Gasteiger partial charge in [-0.2, -0.15) is 11.0 Å². The Morgan fingerprint density at radius 2 is 2.00 bits per heavy atom. The largest absolute Gasteiger partial charge is 0.389 e. The van der Waals surface area contributed by atoms with E-state index in [4.69, 9.17) is 10.7 Å². The first kappa shape index (κ1) is 19.3. The summed E-state index contributed by atoms with van der Waals surface area (Å²) in [6.45, 7) is 5.96. The van der Waals surface area contributed by atoms with Gasteiger partial charge in [-0.3, -0.25) is 4.68 Å². The van der Waals surface area contributed by atoms with Crippen LogP contribution in [0.4, 0.5) is 0 Å². The molecule has 6 nitrogen and oxygen atoms in total. The average molecular weight is 374 g/mol. The maximum atomic E-state index is 10.7. The molecule has 0 saturated carbocycles. The second kappa shape index (κ2) is 8.45. The van der Waals surface area contributed by atoms with Crippen LogP contribution in [-0.4, -0.2) is 22.0 Å². The maximum Gasteiger partial charge on any atom is 0.265 e. The fourth-order valence-corrected chi connectivity index (χ4v) is 2.98. The number of aryl methyl sites for hydroxylation is 2. The lowest BCUT2D eigenvalue weighted by atomic mass is 10.0. The van der Waals surface area contributed by atoms with Gasteiger partial charge in [0.25, 0.3) is 5.90 Å². The minimum absolute atomic E-state index is 0.178. The highest BCUT2D eigenvalue weighted by Gasteiger charge is 2.14. The van der Waals surface area contributed by atoms with E-state index in [1.165, 1.54) is 0 Å². The number of benzene rings is 2. The normalized spacial score (nSPS) is 11.3. The van der Waals surface area contributed by atoms with Gasteiger partial charge in [0.05, 0.1) is 11.4 Å². The first-order valence-corrected chi connectivity index (χ1v) is 8.81. The van der Waals surface area contributed by atoms with Crippen molar-refractivity contribution in [2.24, 2.45) is 17.9 Å². The summed E-state index contributed by atoms with van der Waals surface area (Å²) in [7, 11) is 1.85. The fourth-order valence-electron chi connectivity index (χ4n) is 2.98. The molecule has 1 aromatic heterocycles. The Kier molecular flexibility index (Phi) is 5.81. The van der Waals surface area contributed by atoms with Gasteiger partial charge in [-0.25, -0.2) is 4.99 Å². The molecule has 1 heterocycles. The van der Waals surface area contributed by atoms with E-state index in [1.54, 1.807) is 4.68 Å². The molecule has 0 bridgehead atoms. The third kappa shape index (κ3) is 4.07. The number of carbonyl (C=O) groups is 1. The van der Waals surface area contributed by atoms with E-state index in [1.807, 2.05) is 68.6 Å². The standard InChI is InChI=1S/C22H22N4O2/c1-15-13-19(10-9-17(15)11-12-27)16(2)24-22(28-23)20-14-21(26(3)25-20)18-7-5-4-6-8-18/h4-10,12-14H,2,11,23H2,1,3H3. The van der Waals surface area contributed by atoms with Gasteiger partial charge in [-0.05, 0) is 41.3 Å². The van der Waals surface area contributed by atoms with E-state index in [9.17, 15) is 4.79 Å². The topological polar surface area (TPSA) is 82.5 Å². The van der Waals surface area contributed by atoms with Gasteiger partial charge >= 0.3 is 0 Å². The minimum Gasteiger partial charge on any atom is -0.389 e. The van der Waals surface area contributed by atoms with Crippen LogP contribution in [-0.2, 0) is 23.1 Å². The zero-order valence-electron chi connectivity index (χ0n) is 15.9. The summed E-state index contributed by atoms with van der Waals surface area (Å²) in [5.41, 5.74) is 5.75. The van der Waals surface area contributed by atoms with Gasteiger partial charge in [0.15, 0.2) is 0 Å². The van der Waals surface area contributed by atoms with E-state index >= 15 is 0 Å². The lowest BCUT2D eigenvalue weighted by Crippen LogP contribution is -2.13. The number of hydrogen-bond donors (Lipinski definition) is 1. The van der Waals surface area contributed by atoms with Crippen LogP contribution in [0.2, 0.25) is 0 Å². The SMILES string of the molecule is C=C(N=C(ON)c1cc(-c2ccccc2)n(C)n1)c1ccc(CC=O)c(C)c1. The van der Waals surface area contributed by atoms with Crippen molar-refractivity contribution in [3.8, 4) is 11.3 Å². The monoisotopic (exact) mass is 374 g/mol. The van der Waals surface area contributed by atoms with E-state index in [2.05, 4.69) is 16.7 Å². The molecule has 0 fully saturated rings. The third-order valence-electron chi connectivity index (χ3n) is 4.50. The smallest absolute Gasteiger partial charge is 0.265 e. The molecule has 0 atom stereocenters. The van der Waals surface area contributed by atoms with Gasteiger partial charge in [0, 0.05) is 13.5 Å². The van der Waals surface area contributed by atoms with Crippen molar-refractivity contribution < 1.29 is 9.63 Å². The van der Waals surface area contributed by atoms with Crippen molar-refractivity contribution in [3.63, 3.8) is 0 Å². The van der Waals surface area contributed by atoms with Crippen LogP contribution in [0.3, 0.4) is 0 Å². The number of aliphatic imine (C=N–C) groups is 1. The van der Waals surface area contributed by atoms with Gasteiger partial charge < -0.3 is 9.63 Å². The molecule has 0 unspecified atom stereocenters. The van der Waals surface area contributed by atoms with Gasteiger partial charge in [0.2, 0.25) is 0 Å². The Morgan fingerprint density at radius 1 is 1.25 bits per heavy atom. The molecule has 3 rings (SSSR count). The number of aromatic nitrogens is 2. The zero-order valence-corrected chi connectivity index (χ0v) is 15.9. The van der Waals surface area contributed by atoms with E-state index in [-0.39, 0.29) is 5.90 Å². The lowest BCUT2D eigenvalue weighted by Gasteiger charge is -2.07. The van der Waals surface area contributed by atoms with Crippen molar-refractivity contribution in [1.29, 1.82) is 0 Å². The maximum absolute atomic E-state index is 10.7. The highest BCUT2D eigenvalue weighted by molar-refractivity contribution is 5.96. The van der Waals surface area contributed by atoms with E-state index in [0.717, 1.165) is 34.2 Å². The summed E-state index contributed by atoms with van der Waals surface area (Å²) < 4.78 is 1.75. The summed E-state index contributed by atoms with van der Waals surface area (Å²) in [4.78, 5) is 20.2. The van der Waals surface area contributed by atoms with Gasteiger partial charge in [-0.1, -0.05) is 49.0 Å². The quantitative estimate of drug-likeness (QED) is 0.310. The molecule has 0 amide bonds. The number of hydrogen-bond acceptors (Lipinski definition) is 5.